The fourth-order valence-corrected chi connectivity index (χ4v) is 4.13. The van der Waals surface area contributed by atoms with Crippen molar-refractivity contribution in [3.63, 3.8) is 0 Å². The van der Waals surface area contributed by atoms with Gasteiger partial charge < -0.3 is 30.1 Å². The van der Waals surface area contributed by atoms with Crippen molar-refractivity contribution in [2.45, 2.75) is 54.8 Å². The van der Waals surface area contributed by atoms with Crippen LogP contribution in [-0.2, 0) is 24.1 Å². The number of aryl methyl sites for hydroxylation is 1. The highest BCUT2D eigenvalue weighted by molar-refractivity contribution is 7.92. The van der Waals surface area contributed by atoms with E-state index in [9.17, 15) is 28.5 Å². The Morgan fingerprint density at radius 2 is 1.81 bits per heavy atom. The number of sulfone groups is 1. The van der Waals surface area contributed by atoms with Crippen LogP contribution in [-0.4, -0.2) is 72.8 Å². The minimum atomic E-state index is -4.27. The molecule has 0 bridgehead atoms. The Balaban J connectivity index is 2.29. The molecule has 0 spiro atoms. The molecular formula is C16H23NO8S. The fraction of sp³-hybridized carbons (Fsp3) is 0.562. The summed E-state index contributed by atoms with van der Waals surface area (Å²) < 4.78 is 35.6. The van der Waals surface area contributed by atoms with E-state index in [1.54, 1.807) is 19.1 Å². The van der Waals surface area contributed by atoms with Crippen LogP contribution in [0.4, 0.5) is 0 Å². The Bertz CT molecular complexity index is 733. The molecule has 1 unspecified atom stereocenters. The van der Waals surface area contributed by atoms with Crippen LogP contribution >= 0.6 is 0 Å². The highest BCUT2D eigenvalue weighted by atomic mass is 32.2. The lowest BCUT2D eigenvalue weighted by Gasteiger charge is -2.43. The first-order valence-corrected chi connectivity index (χ1v) is 9.44. The van der Waals surface area contributed by atoms with Crippen molar-refractivity contribution < 1.29 is 38.0 Å². The molecule has 6 atom stereocenters. The molecule has 1 amide bonds. The maximum atomic E-state index is 12.6. The molecular weight excluding hydrogens is 366 g/mol. The van der Waals surface area contributed by atoms with E-state index in [4.69, 9.17) is 9.47 Å². The third-order valence-electron chi connectivity index (χ3n) is 4.19. The predicted octanol–water partition coefficient (Wildman–Crippen LogP) is -1.32. The Morgan fingerprint density at radius 1 is 1.23 bits per heavy atom. The van der Waals surface area contributed by atoms with Gasteiger partial charge in [-0.25, -0.2) is 8.42 Å². The Hall–Kier alpha value is -1.56. The third kappa shape index (κ3) is 4.05. The normalized spacial score (nSPS) is 30.6. The number of hydrogen-bond donors (Lipinski definition) is 4. The number of methoxy groups -OCH3 is 1. The molecule has 0 aromatic heterocycles. The topological polar surface area (TPSA) is 142 Å². The van der Waals surface area contributed by atoms with E-state index in [0.717, 1.165) is 5.56 Å². The molecule has 2 rings (SSSR count). The summed E-state index contributed by atoms with van der Waals surface area (Å²) in [5, 5.41) is 33.2. The SMILES string of the molecule is CO[C@H]1O[C@H](C(O)S(=O)(=O)c2ccc(C)cc2)[C@@H](O)[C@H](O)[C@@H]1NC(C)=O. The average Bonchev–Trinajstić information content (AvgIpc) is 2.59. The van der Waals surface area contributed by atoms with Crippen LogP contribution in [0, 0.1) is 6.92 Å². The van der Waals surface area contributed by atoms with E-state index in [1.165, 1.54) is 26.2 Å². The van der Waals surface area contributed by atoms with E-state index in [-0.39, 0.29) is 4.90 Å². The Morgan fingerprint density at radius 3 is 2.31 bits per heavy atom. The molecule has 1 heterocycles. The maximum absolute atomic E-state index is 12.6. The zero-order valence-electron chi connectivity index (χ0n) is 14.6. The minimum Gasteiger partial charge on any atom is -0.388 e. The van der Waals surface area contributed by atoms with Crippen molar-refractivity contribution in [3.05, 3.63) is 29.8 Å². The predicted molar refractivity (Wildman–Crippen MR) is 89.7 cm³/mol. The number of amides is 1. The minimum absolute atomic E-state index is 0.154. The number of carbonyl (C=O) groups is 1. The summed E-state index contributed by atoms with van der Waals surface area (Å²) >= 11 is 0. The van der Waals surface area contributed by atoms with Crippen LogP contribution < -0.4 is 5.32 Å². The average molecular weight is 389 g/mol. The Labute approximate surface area is 151 Å². The summed E-state index contributed by atoms with van der Waals surface area (Å²) in [5.41, 5.74) is -1.31. The summed E-state index contributed by atoms with van der Waals surface area (Å²) in [5.74, 6) is -0.502. The molecule has 0 saturated carbocycles. The number of rotatable bonds is 5. The molecule has 1 fully saturated rings. The lowest BCUT2D eigenvalue weighted by atomic mass is 9.97. The summed E-state index contributed by atoms with van der Waals surface area (Å²) in [6.07, 6.45) is -6.31. The summed E-state index contributed by atoms with van der Waals surface area (Å²) in [6.45, 7) is 2.98. The van der Waals surface area contributed by atoms with Crippen molar-refractivity contribution in [2.24, 2.45) is 0 Å². The van der Waals surface area contributed by atoms with E-state index in [0.29, 0.717) is 0 Å². The van der Waals surface area contributed by atoms with Gasteiger partial charge in [-0.3, -0.25) is 4.79 Å². The maximum Gasteiger partial charge on any atom is 0.217 e. The first-order chi connectivity index (χ1) is 12.1. The number of aliphatic hydroxyl groups is 3. The van der Waals surface area contributed by atoms with Crippen LogP contribution in [0.5, 0.6) is 0 Å². The van der Waals surface area contributed by atoms with Gasteiger partial charge in [0.05, 0.1) is 4.90 Å². The van der Waals surface area contributed by atoms with Gasteiger partial charge in [0, 0.05) is 14.0 Å². The largest absolute Gasteiger partial charge is 0.388 e. The van der Waals surface area contributed by atoms with Crippen molar-refractivity contribution in [1.82, 2.24) is 5.32 Å². The zero-order chi connectivity index (χ0) is 19.6. The van der Waals surface area contributed by atoms with Gasteiger partial charge in [-0.1, -0.05) is 17.7 Å². The number of benzene rings is 1. The molecule has 0 aliphatic carbocycles. The molecule has 4 N–H and O–H groups in total. The summed E-state index contributed by atoms with van der Waals surface area (Å²) in [7, 11) is -3.04. The number of carbonyl (C=O) groups excluding carboxylic acids is 1. The second-order valence-corrected chi connectivity index (χ2v) is 8.21. The molecule has 1 aliphatic rings. The number of aliphatic hydroxyl groups excluding tert-OH is 3. The monoisotopic (exact) mass is 389 g/mol. The van der Waals surface area contributed by atoms with Crippen molar-refractivity contribution in [1.29, 1.82) is 0 Å². The molecule has 0 radical (unpaired) electrons. The van der Waals surface area contributed by atoms with Gasteiger partial charge in [-0.15, -0.1) is 0 Å². The highest BCUT2D eigenvalue weighted by Crippen LogP contribution is 2.28. The van der Waals surface area contributed by atoms with Gasteiger partial charge in [-0.2, -0.15) is 0 Å². The fourth-order valence-electron chi connectivity index (χ4n) is 2.76. The molecule has 146 valence electrons. The van der Waals surface area contributed by atoms with Gasteiger partial charge in [0.2, 0.25) is 15.7 Å². The number of nitrogens with one attached hydrogen (secondary N) is 1. The molecule has 1 aliphatic heterocycles. The molecule has 10 heteroatoms. The van der Waals surface area contributed by atoms with Crippen LogP contribution in [0.25, 0.3) is 0 Å². The van der Waals surface area contributed by atoms with E-state index in [2.05, 4.69) is 5.32 Å². The van der Waals surface area contributed by atoms with Crippen LogP contribution in [0.3, 0.4) is 0 Å². The first kappa shape index (κ1) is 20.7. The van der Waals surface area contributed by atoms with Gasteiger partial charge >= 0.3 is 0 Å². The molecule has 26 heavy (non-hydrogen) atoms. The standard InChI is InChI=1S/C16H23NO8S/c1-8-4-6-10(7-5-8)26(22,23)15(21)14-13(20)12(19)11(17-9(2)18)16(24-3)25-14/h4-7,11-16,19-21H,1-3H3,(H,17,18)/t11-,12+,13-,14-,15?,16-/m0/s1. The second-order valence-electron chi connectivity index (χ2n) is 6.16. The van der Waals surface area contributed by atoms with Crippen molar-refractivity contribution >= 4 is 15.7 Å². The second kappa shape index (κ2) is 7.99. The van der Waals surface area contributed by atoms with E-state index >= 15 is 0 Å². The zero-order valence-corrected chi connectivity index (χ0v) is 15.4. The van der Waals surface area contributed by atoms with Crippen molar-refractivity contribution in [3.8, 4) is 0 Å². The van der Waals surface area contributed by atoms with Gasteiger partial charge in [0.25, 0.3) is 0 Å². The third-order valence-corrected chi connectivity index (χ3v) is 6.02. The molecule has 1 aromatic carbocycles. The van der Waals surface area contributed by atoms with Crippen LogP contribution in [0.2, 0.25) is 0 Å². The Kier molecular flexibility index (Phi) is 6.37. The van der Waals surface area contributed by atoms with Gasteiger partial charge in [0.1, 0.15) is 24.4 Å². The van der Waals surface area contributed by atoms with E-state index in [1.807, 2.05) is 0 Å². The summed E-state index contributed by atoms with van der Waals surface area (Å²) in [4.78, 5) is 11.1. The molecule has 1 aromatic rings. The van der Waals surface area contributed by atoms with Crippen LogP contribution in [0.1, 0.15) is 12.5 Å². The van der Waals surface area contributed by atoms with Gasteiger partial charge in [0.15, 0.2) is 11.7 Å². The van der Waals surface area contributed by atoms with Gasteiger partial charge in [-0.05, 0) is 19.1 Å². The molecule has 9 nitrogen and oxygen atoms in total. The number of ether oxygens (including phenoxy) is 2. The van der Waals surface area contributed by atoms with Crippen molar-refractivity contribution in [2.75, 3.05) is 7.11 Å². The quantitative estimate of drug-likeness (QED) is 0.486. The summed E-state index contributed by atoms with van der Waals surface area (Å²) in [6, 6.07) is 4.66. The first-order valence-electron chi connectivity index (χ1n) is 7.89. The van der Waals surface area contributed by atoms with Crippen LogP contribution in [0.15, 0.2) is 29.2 Å². The molecule has 1 saturated heterocycles. The lowest BCUT2D eigenvalue weighted by molar-refractivity contribution is -0.266. The highest BCUT2D eigenvalue weighted by Gasteiger charge is 2.50. The smallest absolute Gasteiger partial charge is 0.217 e. The van der Waals surface area contributed by atoms with E-state index < -0.39 is 51.8 Å². The lowest BCUT2D eigenvalue weighted by Crippen LogP contribution is -2.66. The number of hydrogen-bond acceptors (Lipinski definition) is 8.